The Hall–Kier alpha value is -3.02. The molecular weight excluding hydrogens is 372 g/mol. The molecule has 6 heteroatoms. The zero-order valence-electron chi connectivity index (χ0n) is 17.2. The van der Waals surface area contributed by atoms with E-state index in [9.17, 15) is 9.59 Å². The Labute approximate surface area is 170 Å². The summed E-state index contributed by atoms with van der Waals surface area (Å²) in [6, 6.07) is 9.40. The van der Waals surface area contributed by atoms with Gasteiger partial charge in [0, 0.05) is 17.5 Å². The highest BCUT2D eigenvalue weighted by molar-refractivity contribution is 6.01. The average molecular weight is 398 g/mol. The highest BCUT2D eigenvalue weighted by Crippen LogP contribution is 2.45. The van der Waals surface area contributed by atoms with Crippen molar-refractivity contribution >= 4 is 11.8 Å². The number of methoxy groups -OCH3 is 1. The van der Waals surface area contributed by atoms with Crippen LogP contribution < -0.4 is 14.2 Å². The fraction of sp³-hybridized carbons (Fsp3) is 0.391. The molecule has 1 aliphatic rings. The zero-order valence-corrected chi connectivity index (χ0v) is 17.2. The molecule has 0 atom stereocenters. The van der Waals surface area contributed by atoms with Crippen LogP contribution in [0.5, 0.6) is 17.2 Å². The van der Waals surface area contributed by atoms with Crippen LogP contribution in [0.1, 0.15) is 43.1 Å². The molecule has 3 rings (SSSR count). The Morgan fingerprint density at radius 1 is 1.03 bits per heavy atom. The van der Waals surface area contributed by atoms with Gasteiger partial charge >= 0.3 is 5.97 Å². The minimum Gasteiger partial charge on any atom is -0.493 e. The van der Waals surface area contributed by atoms with E-state index in [-0.39, 0.29) is 18.5 Å². The SMILES string of the molecule is CCOc1c(OC)ccc(-c2ccc3c(c2)CCC3=O)c1OCC(=O)OC(C)C. The molecule has 0 unspecified atom stereocenters. The summed E-state index contributed by atoms with van der Waals surface area (Å²) in [5.74, 6) is 1.07. The van der Waals surface area contributed by atoms with E-state index < -0.39 is 5.97 Å². The van der Waals surface area contributed by atoms with Crippen LogP contribution in [0.25, 0.3) is 11.1 Å². The highest BCUT2D eigenvalue weighted by atomic mass is 16.6. The summed E-state index contributed by atoms with van der Waals surface area (Å²) >= 11 is 0. The topological polar surface area (TPSA) is 71.1 Å². The Kier molecular flexibility index (Phi) is 6.42. The predicted octanol–water partition coefficient (Wildman–Crippen LogP) is 4.22. The van der Waals surface area contributed by atoms with Crippen molar-refractivity contribution in [2.75, 3.05) is 20.3 Å². The third kappa shape index (κ3) is 4.53. The van der Waals surface area contributed by atoms with E-state index >= 15 is 0 Å². The quantitative estimate of drug-likeness (QED) is 0.620. The molecule has 0 radical (unpaired) electrons. The Bertz CT molecular complexity index is 916. The van der Waals surface area contributed by atoms with Gasteiger partial charge < -0.3 is 18.9 Å². The first-order valence-electron chi connectivity index (χ1n) is 9.77. The summed E-state index contributed by atoms with van der Waals surface area (Å²) in [7, 11) is 1.55. The molecule has 0 N–H and O–H groups in total. The highest BCUT2D eigenvalue weighted by Gasteiger charge is 2.23. The van der Waals surface area contributed by atoms with Crippen LogP contribution in [-0.2, 0) is 16.0 Å². The number of ketones is 1. The maximum Gasteiger partial charge on any atom is 0.344 e. The number of benzene rings is 2. The van der Waals surface area contributed by atoms with Crippen molar-refractivity contribution in [3.63, 3.8) is 0 Å². The molecule has 29 heavy (non-hydrogen) atoms. The smallest absolute Gasteiger partial charge is 0.344 e. The largest absolute Gasteiger partial charge is 0.493 e. The van der Waals surface area contributed by atoms with Crippen molar-refractivity contribution in [3.05, 3.63) is 41.5 Å². The van der Waals surface area contributed by atoms with Crippen molar-refractivity contribution in [2.45, 2.75) is 39.7 Å². The minimum absolute atomic E-state index is 0.171. The molecule has 0 aromatic heterocycles. The van der Waals surface area contributed by atoms with Crippen molar-refractivity contribution in [1.29, 1.82) is 0 Å². The minimum atomic E-state index is -0.462. The monoisotopic (exact) mass is 398 g/mol. The molecule has 0 bridgehead atoms. The lowest BCUT2D eigenvalue weighted by Crippen LogP contribution is -2.19. The second-order valence-electron chi connectivity index (χ2n) is 7.03. The van der Waals surface area contributed by atoms with Gasteiger partial charge in [-0.25, -0.2) is 4.79 Å². The molecular formula is C23H26O6. The van der Waals surface area contributed by atoms with Crippen molar-refractivity contribution < 1.29 is 28.5 Å². The number of hydrogen-bond acceptors (Lipinski definition) is 6. The summed E-state index contributed by atoms with van der Waals surface area (Å²) in [6.07, 6.45) is 1.04. The Morgan fingerprint density at radius 2 is 1.79 bits per heavy atom. The zero-order chi connectivity index (χ0) is 21.0. The number of carbonyl (C=O) groups excluding carboxylic acids is 2. The van der Waals surface area contributed by atoms with Gasteiger partial charge in [-0.2, -0.15) is 0 Å². The first kappa shape index (κ1) is 20.7. The normalized spacial score (nSPS) is 12.7. The molecule has 0 heterocycles. The lowest BCUT2D eigenvalue weighted by atomic mass is 9.99. The van der Waals surface area contributed by atoms with Crippen LogP contribution in [0, 0.1) is 0 Å². The van der Waals surface area contributed by atoms with Gasteiger partial charge in [0.05, 0.1) is 19.8 Å². The summed E-state index contributed by atoms with van der Waals surface area (Å²) in [5.41, 5.74) is 3.43. The third-order valence-corrected chi connectivity index (χ3v) is 4.62. The predicted molar refractivity (Wildman–Crippen MR) is 109 cm³/mol. The van der Waals surface area contributed by atoms with Gasteiger partial charge in [0.15, 0.2) is 23.9 Å². The molecule has 0 amide bonds. The average Bonchev–Trinajstić information content (AvgIpc) is 3.06. The van der Waals surface area contributed by atoms with E-state index in [1.807, 2.05) is 31.2 Å². The van der Waals surface area contributed by atoms with Crippen molar-refractivity contribution in [3.8, 4) is 28.4 Å². The van der Waals surface area contributed by atoms with Gasteiger partial charge in [-0.05, 0) is 50.5 Å². The maximum atomic E-state index is 12.0. The number of esters is 1. The fourth-order valence-electron chi connectivity index (χ4n) is 3.41. The van der Waals surface area contributed by atoms with E-state index in [0.717, 1.165) is 28.7 Å². The van der Waals surface area contributed by atoms with E-state index in [2.05, 4.69) is 0 Å². The Morgan fingerprint density at radius 3 is 2.48 bits per heavy atom. The number of Topliss-reactive ketones (excluding diaryl/α,β-unsaturated/α-hetero) is 1. The Balaban J connectivity index is 2.02. The van der Waals surface area contributed by atoms with E-state index in [4.69, 9.17) is 18.9 Å². The van der Waals surface area contributed by atoms with Crippen LogP contribution in [0.2, 0.25) is 0 Å². The number of ether oxygens (including phenoxy) is 4. The molecule has 6 nitrogen and oxygen atoms in total. The van der Waals surface area contributed by atoms with E-state index in [0.29, 0.717) is 30.3 Å². The first-order valence-corrected chi connectivity index (χ1v) is 9.77. The van der Waals surface area contributed by atoms with Crippen LogP contribution in [0.3, 0.4) is 0 Å². The summed E-state index contributed by atoms with van der Waals surface area (Å²) < 4.78 is 22.3. The molecule has 0 aliphatic heterocycles. The standard InChI is InChI=1S/C23H26O6/c1-5-27-23-20(26-4)11-9-18(22(23)28-13-21(25)29-14(2)3)16-6-8-17-15(12-16)7-10-19(17)24/h6,8-9,11-12,14H,5,7,10,13H2,1-4H3. The summed E-state index contributed by atoms with van der Waals surface area (Å²) in [4.78, 5) is 24.0. The first-order chi connectivity index (χ1) is 13.9. The van der Waals surface area contributed by atoms with Gasteiger partial charge in [-0.15, -0.1) is 0 Å². The number of rotatable bonds is 8. The van der Waals surface area contributed by atoms with Gasteiger partial charge in [0.25, 0.3) is 0 Å². The second kappa shape index (κ2) is 8.99. The van der Waals surface area contributed by atoms with Crippen LogP contribution >= 0.6 is 0 Å². The van der Waals surface area contributed by atoms with Gasteiger partial charge in [-0.1, -0.05) is 18.2 Å². The van der Waals surface area contributed by atoms with Gasteiger partial charge in [0.1, 0.15) is 0 Å². The number of aryl methyl sites for hydroxylation is 1. The van der Waals surface area contributed by atoms with Gasteiger partial charge in [0.2, 0.25) is 5.75 Å². The second-order valence-corrected chi connectivity index (χ2v) is 7.03. The number of carbonyl (C=O) groups is 2. The summed E-state index contributed by atoms with van der Waals surface area (Å²) in [5, 5.41) is 0. The molecule has 2 aromatic rings. The van der Waals surface area contributed by atoms with Crippen molar-refractivity contribution in [1.82, 2.24) is 0 Å². The van der Waals surface area contributed by atoms with Crippen LogP contribution in [0.4, 0.5) is 0 Å². The van der Waals surface area contributed by atoms with E-state index in [1.165, 1.54) is 0 Å². The molecule has 154 valence electrons. The maximum absolute atomic E-state index is 12.0. The fourth-order valence-corrected chi connectivity index (χ4v) is 3.41. The van der Waals surface area contributed by atoms with Gasteiger partial charge in [-0.3, -0.25) is 4.79 Å². The molecule has 0 saturated carbocycles. The van der Waals surface area contributed by atoms with Crippen LogP contribution in [0.15, 0.2) is 30.3 Å². The van der Waals surface area contributed by atoms with E-state index in [1.54, 1.807) is 27.0 Å². The lowest BCUT2D eigenvalue weighted by molar-refractivity contribution is -0.149. The van der Waals surface area contributed by atoms with Crippen molar-refractivity contribution in [2.24, 2.45) is 0 Å². The summed E-state index contributed by atoms with van der Waals surface area (Å²) in [6.45, 7) is 5.59. The lowest BCUT2D eigenvalue weighted by Gasteiger charge is -2.19. The molecule has 0 fully saturated rings. The van der Waals surface area contributed by atoms with Crippen LogP contribution in [-0.4, -0.2) is 38.2 Å². The molecule has 0 spiro atoms. The third-order valence-electron chi connectivity index (χ3n) is 4.62. The number of fused-ring (bicyclic) bond motifs is 1. The number of hydrogen-bond donors (Lipinski definition) is 0. The molecule has 2 aromatic carbocycles. The molecule has 1 aliphatic carbocycles. The molecule has 0 saturated heterocycles.